The van der Waals surface area contributed by atoms with E-state index < -0.39 is 0 Å². The van der Waals surface area contributed by atoms with Gasteiger partial charge in [-0.25, -0.2) is 0 Å². The second-order valence-electron chi connectivity index (χ2n) is 0.447. The summed E-state index contributed by atoms with van der Waals surface area (Å²) in [6, 6.07) is 0. The van der Waals surface area contributed by atoms with Crippen molar-refractivity contribution in [1.82, 2.24) is 0 Å². The average molecular weight is 72.9 g/mol. The molecule has 0 bridgehead atoms. The van der Waals surface area contributed by atoms with Crippen LogP contribution in [0.5, 0.6) is 0 Å². The Bertz CT molecular complexity index is 9.61. The fraction of sp³-hybridized carbons (Fsp3) is 1.00. The molecule has 2 nitrogen and oxygen atoms in total. The van der Waals surface area contributed by atoms with Gasteiger partial charge in [-0.1, -0.05) is 0 Å². The maximum atomic E-state index is 7.62. The first-order valence-electron chi connectivity index (χ1n) is 1.13. The van der Waals surface area contributed by atoms with Crippen molar-refractivity contribution in [2.45, 2.75) is 0 Å². The largest absolute Gasteiger partial charge is 0.394 e. The maximum Gasteiger partial charge on any atom is 0.0662 e. The monoisotopic (exact) mass is 73.0 g/mol. The highest BCUT2D eigenvalue weighted by molar-refractivity contribution is 5.75. The minimum Gasteiger partial charge on any atom is -0.394 e. The third kappa shape index (κ3) is 16.2. The third-order valence-corrected chi connectivity index (χ3v) is 0.1000. The van der Waals surface area contributed by atoms with Crippen LogP contribution < -0.4 is 0 Å². The van der Waals surface area contributed by atoms with Crippen molar-refractivity contribution in [3.05, 3.63) is 0 Å². The van der Waals surface area contributed by atoms with Crippen LogP contribution in [0.3, 0.4) is 0 Å². The van der Waals surface area contributed by atoms with Crippen LogP contribution in [0.25, 0.3) is 0 Å². The molecule has 0 aliphatic carbocycles. The lowest BCUT2D eigenvalue weighted by Gasteiger charge is -1.70. The first kappa shape index (κ1) is 8.88. The molecule has 2 N–H and O–H groups in total. The zero-order valence-electron chi connectivity index (χ0n) is 2.89. The number of hydrogen-bond donors (Lipinski definition) is 2. The Morgan fingerprint density at radius 2 is 1.20 bits per heavy atom. The molecule has 3 heteroatoms. The van der Waals surface area contributed by atoms with E-state index in [1.54, 1.807) is 0 Å². The minimum atomic E-state index is -0.125. The van der Waals surface area contributed by atoms with E-state index in [1.165, 1.54) is 0 Å². The van der Waals surface area contributed by atoms with Gasteiger partial charge in [0.25, 0.3) is 0 Å². The molecular weight excluding hydrogens is 66.8 g/mol. The van der Waals surface area contributed by atoms with Gasteiger partial charge in [0.05, 0.1) is 13.2 Å². The van der Waals surface area contributed by atoms with Crippen molar-refractivity contribution in [2.75, 3.05) is 13.2 Å². The van der Waals surface area contributed by atoms with Gasteiger partial charge in [-0.15, -0.1) is 0 Å². The zero-order valence-corrected chi connectivity index (χ0v) is 2.89. The first-order chi connectivity index (χ1) is 1.91. The molecule has 0 unspecified atom stereocenters. The van der Waals surface area contributed by atoms with Crippen LogP contribution in [-0.2, 0) is 0 Å². The van der Waals surface area contributed by atoms with Crippen LogP contribution in [0, 0.1) is 0 Å². The van der Waals surface area contributed by atoms with Crippen molar-refractivity contribution >= 4 is 8.41 Å². The summed E-state index contributed by atoms with van der Waals surface area (Å²) >= 11 is 0. The minimum absolute atomic E-state index is 0. The summed E-state index contributed by atoms with van der Waals surface area (Å²) in [7, 11) is 0. The summed E-state index contributed by atoms with van der Waals surface area (Å²) in [5.41, 5.74) is 0. The van der Waals surface area contributed by atoms with E-state index in [4.69, 9.17) is 10.2 Å². The third-order valence-electron chi connectivity index (χ3n) is 0.1000. The van der Waals surface area contributed by atoms with Crippen molar-refractivity contribution in [2.24, 2.45) is 0 Å². The van der Waals surface area contributed by atoms with E-state index in [1.807, 2.05) is 0 Å². The number of hydrogen-bond acceptors (Lipinski definition) is 2. The van der Waals surface area contributed by atoms with Gasteiger partial charge in [0, 0.05) is 8.41 Å². The Kier molecular flexibility index (Phi) is 16.0. The number of rotatable bonds is 1. The van der Waals surface area contributed by atoms with Crippen LogP contribution in [0.1, 0.15) is 0 Å². The van der Waals surface area contributed by atoms with Gasteiger partial charge in [0.1, 0.15) is 0 Å². The Labute approximate surface area is 33.0 Å². The van der Waals surface area contributed by atoms with Gasteiger partial charge in [0.15, 0.2) is 0 Å². The summed E-state index contributed by atoms with van der Waals surface area (Å²) in [5, 5.41) is 15.2. The lowest BCUT2D eigenvalue weighted by molar-refractivity contribution is 0.186. The Hall–Kier alpha value is -0.0151. The Morgan fingerprint density at radius 1 is 1.00 bits per heavy atom. The molecule has 0 amide bonds. The molecule has 3 radical (unpaired) electrons. The predicted octanol–water partition coefficient (Wildman–Crippen LogP) is -1.41. The molecule has 0 heterocycles. The second kappa shape index (κ2) is 9.01. The molecule has 0 spiro atoms. The molecule has 0 atom stereocenters. The summed E-state index contributed by atoms with van der Waals surface area (Å²) in [5.74, 6) is 0. The molecule has 0 aromatic heterocycles. The predicted molar refractivity (Wildman–Crippen MR) is 19.9 cm³/mol. The summed E-state index contributed by atoms with van der Waals surface area (Å²) in [6.07, 6.45) is 0. The van der Waals surface area contributed by atoms with Crippen LogP contribution >= 0.6 is 0 Å². The molecule has 0 aromatic rings. The standard InChI is InChI=1S/C2H6O2.B/c3-1-2-4;/h3-4H,1-2H2;. The van der Waals surface area contributed by atoms with Crippen molar-refractivity contribution in [3.8, 4) is 0 Å². The average Bonchev–Trinajstić information content (AvgIpc) is 1.37. The second-order valence-corrected chi connectivity index (χ2v) is 0.447. The van der Waals surface area contributed by atoms with Crippen LogP contribution in [-0.4, -0.2) is 31.8 Å². The van der Waals surface area contributed by atoms with E-state index in [0.29, 0.717) is 0 Å². The summed E-state index contributed by atoms with van der Waals surface area (Å²) in [4.78, 5) is 0. The molecule has 0 rings (SSSR count). The van der Waals surface area contributed by atoms with Gasteiger partial charge in [0.2, 0.25) is 0 Å². The summed E-state index contributed by atoms with van der Waals surface area (Å²) < 4.78 is 0. The molecule has 0 aliphatic rings. The zero-order chi connectivity index (χ0) is 3.41. The van der Waals surface area contributed by atoms with Crippen LogP contribution in [0.4, 0.5) is 0 Å². The topological polar surface area (TPSA) is 40.5 Å². The quantitative estimate of drug-likeness (QED) is 0.374. The fourth-order valence-corrected chi connectivity index (χ4v) is 0. The normalized spacial score (nSPS) is 6.00. The van der Waals surface area contributed by atoms with Gasteiger partial charge >= 0.3 is 0 Å². The molecule has 29 valence electrons. The van der Waals surface area contributed by atoms with Gasteiger partial charge in [-0.3, -0.25) is 0 Å². The van der Waals surface area contributed by atoms with Crippen molar-refractivity contribution < 1.29 is 10.2 Å². The van der Waals surface area contributed by atoms with Gasteiger partial charge in [-0.05, 0) is 0 Å². The van der Waals surface area contributed by atoms with Gasteiger partial charge < -0.3 is 10.2 Å². The number of aliphatic hydroxyl groups is 2. The molecule has 0 saturated carbocycles. The maximum absolute atomic E-state index is 7.62. The van der Waals surface area contributed by atoms with E-state index in [2.05, 4.69) is 0 Å². The molecule has 5 heavy (non-hydrogen) atoms. The lowest BCUT2D eigenvalue weighted by atomic mass is 10.8. The SMILES string of the molecule is OCCO.[B]. The van der Waals surface area contributed by atoms with E-state index in [0.717, 1.165) is 0 Å². The highest BCUT2D eigenvalue weighted by Gasteiger charge is 1.58. The molecule has 0 aromatic carbocycles. The van der Waals surface area contributed by atoms with E-state index in [-0.39, 0.29) is 21.6 Å². The highest BCUT2D eigenvalue weighted by atomic mass is 16.3. The molecular formula is C2H6BO2. The summed E-state index contributed by atoms with van der Waals surface area (Å²) in [6.45, 7) is -0.250. The molecule has 0 saturated heterocycles. The molecule has 0 fully saturated rings. The smallest absolute Gasteiger partial charge is 0.0662 e. The molecule has 0 aliphatic heterocycles. The Morgan fingerprint density at radius 3 is 1.20 bits per heavy atom. The lowest BCUT2D eigenvalue weighted by Crippen LogP contribution is -1.85. The fourth-order valence-electron chi connectivity index (χ4n) is 0. The first-order valence-corrected chi connectivity index (χ1v) is 1.13. The van der Waals surface area contributed by atoms with Crippen molar-refractivity contribution in [3.63, 3.8) is 0 Å². The highest BCUT2D eigenvalue weighted by Crippen LogP contribution is 1.39. The Balaban J connectivity index is 0. The number of aliphatic hydroxyl groups excluding tert-OH is 2. The van der Waals surface area contributed by atoms with Crippen LogP contribution in [0.2, 0.25) is 0 Å². The van der Waals surface area contributed by atoms with Crippen LogP contribution in [0.15, 0.2) is 0 Å². The van der Waals surface area contributed by atoms with E-state index >= 15 is 0 Å². The van der Waals surface area contributed by atoms with Crippen molar-refractivity contribution in [1.29, 1.82) is 0 Å². The van der Waals surface area contributed by atoms with Gasteiger partial charge in [-0.2, -0.15) is 0 Å². The van der Waals surface area contributed by atoms with E-state index in [9.17, 15) is 0 Å².